The maximum Gasteiger partial charge on any atom is 0.269 e. The summed E-state index contributed by atoms with van der Waals surface area (Å²) >= 11 is 3.10. The summed E-state index contributed by atoms with van der Waals surface area (Å²) in [5.41, 5.74) is 1.79. The molecule has 30 heavy (non-hydrogen) atoms. The van der Waals surface area contributed by atoms with Crippen LogP contribution in [-0.2, 0) is 4.79 Å². The van der Waals surface area contributed by atoms with Crippen molar-refractivity contribution >= 4 is 46.0 Å². The molecular weight excluding hydrogens is 414 g/mol. The molecule has 1 amide bonds. The lowest BCUT2D eigenvalue weighted by molar-refractivity contribution is -0.124. The van der Waals surface area contributed by atoms with Gasteiger partial charge in [0.05, 0.1) is 16.4 Å². The molecule has 3 aliphatic rings. The van der Waals surface area contributed by atoms with E-state index in [-0.39, 0.29) is 17.7 Å². The number of phenolic OH excluding ortho intramolecular Hbond substituents is 1. The van der Waals surface area contributed by atoms with Crippen molar-refractivity contribution in [1.29, 1.82) is 0 Å². The van der Waals surface area contributed by atoms with Crippen LogP contribution in [0.2, 0.25) is 0 Å². The third-order valence-corrected chi connectivity index (χ3v) is 8.15. The zero-order valence-electron chi connectivity index (χ0n) is 16.7. The number of carbonyl (C=O) groups excluding carboxylic acids is 1. The van der Waals surface area contributed by atoms with E-state index < -0.39 is 0 Å². The first-order valence-corrected chi connectivity index (χ1v) is 11.9. The molecule has 154 valence electrons. The number of nitrogens with zero attached hydrogens (tertiary/aromatic N) is 3. The lowest BCUT2D eigenvalue weighted by Gasteiger charge is -2.30. The van der Waals surface area contributed by atoms with E-state index >= 15 is 0 Å². The molecule has 2 aromatic rings. The van der Waals surface area contributed by atoms with Crippen molar-refractivity contribution in [3.8, 4) is 5.75 Å². The first kappa shape index (κ1) is 19.6. The molecule has 0 bridgehead atoms. The number of benzene rings is 2. The number of rotatable bonds is 2. The van der Waals surface area contributed by atoms with E-state index in [9.17, 15) is 9.90 Å². The van der Waals surface area contributed by atoms with Crippen LogP contribution in [-0.4, -0.2) is 34.2 Å². The maximum atomic E-state index is 13.6. The summed E-state index contributed by atoms with van der Waals surface area (Å²) in [5.74, 6) is 0.225. The van der Waals surface area contributed by atoms with Crippen LogP contribution in [0.15, 0.2) is 68.4 Å². The van der Waals surface area contributed by atoms with E-state index in [4.69, 9.17) is 4.99 Å². The molecule has 7 heteroatoms. The summed E-state index contributed by atoms with van der Waals surface area (Å²) in [6, 6.07) is 15.3. The van der Waals surface area contributed by atoms with E-state index in [2.05, 4.69) is 17.0 Å². The zero-order chi connectivity index (χ0) is 20.7. The molecule has 5 rings (SSSR count). The minimum atomic E-state index is 0.0490. The molecule has 1 N–H and O–H groups in total. The largest absolute Gasteiger partial charge is 0.508 e. The van der Waals surface area contributed by atoms with Crippen LogP contribution >= 0.6 is 23.5 Å². The topological polar surface area (TPSA) is 56.1 Å². The van der Waals surface area contributed by atoms with Crippen LogP contribution in [0.3, 0.4) is 0 Å². The summed E-state index contributed by atoms with van der Waals surface area (Å²) in [4.78, 5) is 24.3. The predicted octanol–water partition coefficient (Wildman–Crippen LogP) is 5.70. The first-order valence-electron chi connectivity index (χ1n) is 10.3. The van der Waals surface area contributed by atoms with Gasteiger partial charge in [0.2, 0.25) is 0 Å². The van der Waals surface area contributed by atoms with Gasteiger partial charge in [-0.05, 0) is 48.9 Å². The number of thioether (sulfide) groups is 2. The Kier molecular flexibility index (Phi) is 5.25. The Labute approximate surface area is 184 Å². The zero-order valence-corrected chi connectivity index (χ0v) is 18.4. The van der Waals surface area contributed by atoms with Crippen LogP contribution < -0.4 is 4.90 Å². The van der Waals surface area contributed by atoms with Crippen LogP contribution in [0.5, 0.6) is 5.75 Å². The Morgan fingerprint density at radius 3 is 2.60 bits per heavy atom. The number of fused-ring (bicyclic) bond motifs is 1. The lowest BCUT2D eigenvalue weighted by Crippen LogP contribution is -2.40. The molecule has 1 aliphatic carbocycles. The Bertz CT molecular complexity index is 1060. The minimum Gasteiger partial charge on any atom is -0.508 e. The van der Waals surface area contributed by atoms with Gasteiger partial charge in [0.25, 0.3) is 5.91 Å². The number of hydrogen-bond donors (Lipinski definition) is 1. The molecule has 1 saturated heterocycles. The van der Waals surface area contributed by atoms with Gasteiger partial charge in [-0.1, -0.05) is 49.2 Å². The van der Waals surface area contributed by atoms with Gasteiger partial charge in [0, 0.05) is 24.1 Å². The van der Waals surface area contributed by atoms with E-state index in [0.29, 0.717) is 10.9 Å². The predicted molar refractivity (Wildman–Crippen MR) is 124 cm³/mol. The standard InChI is InChI=1S/C23H23N3O2S2/c1-25-18-12-5-6-13-19(18)29-22(25)20-21(28)26(16-9-3-2-4-10-16)23(30-20)24-15-8-7-11-17(27)14-15/h5-8,11-14,16,27H,2-4,9-10H2,1H3/b22-20-,24-23?. The third-order valence-electron chi connectivity index (χ3n) is 5.74. The summed E-state index contributed by atoms with van der Waals surface area (Å²) in [6.45, 7) is 0. The molecule has 0 unspecified atom stereocenters. The van der Waals surface area contributed by atoms with Crippen LogP contribution in [0, 0.1) is 0 Å². The highest BCUT2D eigenvalue weighted by Crippen LogP contribution is 2.50. The van der Waals surface area contributed by atoms with Gasteiger partial charge in [-0.3, -0.25) is 9.69 Å². The summed E-state index contributed by atoms with van der Waals surface area (Å²) in [7, 11) is 2.02. The average Bonchev–Trinajstić information content (AvgIpc) is 3.25. The van der Waals surface area contributed by atoms with Gasteiger partial charge in [-0.2, -0.15) is 0 Å². The van der Waals surface area contributed by atoms with Crippen molar-refractivity contribution in [1.82, 2.24) is 4.90 Å². The van der Waals surface area contributed by atoms with Gasteiger partial charge in [0.1, 0.15) is 10.7 Å². The van der Waals surface area contributed by atoms with Crippen molar-refractivity contribution in [2.45, 2.75) is 43.0 Å². The van der Waals surface area contributed by atoms with E-state index in [1.807, 2.05) is 30.1 Å². The number of amides is 1. The average molecular weight is 438 g/mol. The summed E-state index contributed by atoms with van der Waals surface area (Å²) in [6.07, 6.45) is 5.54. The van der Waals surface area contributed by atoms with Crippen LogP contribution in [0.25, 0.3) is 0 Å². The number of anilines is 1. The Morgan fingerprint density at radius 2 is 1.83 bits per heavy atom. The summed E-state index contributed by atoms with van der Waals surface area (Å²) in [5, 5.41) is 11.5. The van der Waals surface area contributed by atoms with Crippen LogP contribution in [0.1, 0.15) is 32.1 Å². The van der Waals surface area contributed by atoms with Crippen molar-refractivity contribution < 1.29 is 9.90 Å². The second-order valence-corrected chi connectivity index (χ2v) is 9.75. The number of phenols is 1. The Morgan fingerprint density at radius 1 is 1.03 bits per heavy atom. The fourth-order valence-electron chi connectivity index (χ4n) is 4.23. The molecule has 0 aromatic heterocycles. The SMILES string of the molecule is CN1/C(=C2/SC(=Nc3cccc(O)c3)N(C3CCCCC3)C2=O)Sc2ccccc21. The van der Waals surface area contributed by atoms with Crippen molar-refractivity contribution in [2.75, 3.05) is 11.9 Å². The van der Waals surface area contributed by atoms with Crippen molar-refractivity contribution in [3.63, 3.8) is 0 Å². The second-order valence-electron chi connectivity index (χ2n) is 7.75. The minimum absolute atomic E-state index is 0.0490. The Balaban J connectivity index is 1.56. The lowest BCUT2D eigenvalue weighted by atomic mass is 9.94. The van der Waals surface area contributed by atoms with Gasteiger partial charge in [-0.15, -0.1) is 0 Å². The molecular formula is C23H23N3O2S2. The van der Waals surface area contributed by atoms with Gasteiger partial charge in [-0.25, -0.2) is 4.99 Å². The maximum absolute atomic E-state index is 13.6. The van der Waals surface area contributed by atoms with E-state index in [1.165, 1.54) is 23.1 Å². The first-order chi connectivity index (χ1) is 14.6. The molecule has 0 atom stereocenters. The number of aliphatic imine (C=N–C) groups is 1. The number of amidine groups is 1. The molecule has 2 aliphatic heterocycles. The molecule has 2 fully saturated rings. The highest BCUT2D eigenvalue weighted by Gasteiger charge is 2.42. The number of hydrogen-bond acceptors (Lipinski definition) is 6. The smallest absolute Gasteiger partial charge is 0.269 e. The fourth-order valence-corrected chi connectivity index (χ4v) is 6.63. The molecule has 5 nitrogen and oxygen atoms in total. The number of aromatic hydroxyl groups is 1. The molecule has 0 radical (unpaired) electrons. The summed E-state index contributed by atoms with van der Waals surface area (Å²) < 4.78 is 0. The van der Waals surface area contributed by atoms with Gasteiger partial charge >= 0.3 is 0 Å². The number of carbonyl (C=O) groups is 1. The molecule has 2 aromatic carbocycles. The van der Waals surface area contributed by atoms with Gasteiger partial charge < -0.3 is 10.0 Å². The highest BCUT2D eigenvalue weighted by molar-refractivity contribution is 8.19. The van der Waals surface area contributed by atoms with Crippen molar-refractivity contribution in [3.05, 3.63) is 58.5 Å². The second kappa shape index (κ2) is 8.04. The van der Waals surface area contributed by atoms with E-state index in [0.717, 1.165) is 41.3 Å². The monoisotopic (exact) mass is 437 g/mol. The molecule has 2 heterocycles. The fraction of sp³-hybridized carbons (Fsp3) is 0.304. The molecule has 0 spiro atoms. The normalized spacial score (nSPS) is 23.5. The van der Waals surface area contributed by atoms with Crippen molar-refractivity contribution in [2.24, 2.45) is 4.99 Å². The third kappa shape index (κ3) is 3.50. The van der Waals surface area contributed by atoms with Gasteiger partial charge in [0.15, 0.2) is 5.17 Å². The van der Waals surface area contributed by atoms with Crippen LogP contribution in [0.4, 0.5) is 11.4 Å². The Hall–Kier alpha value is -2.38. The molecule has 1 saturated carbocycles. The van der Waals surface area contributed by atoms with E-state index in [1.54, 1.807) is 30.0 Å². The quantitative estimate of drug-likeness (QED) is 0.611. The highest BCUT2D eigenvalue weighted by atomic mass is 32.2. The number of para-hydroxylation sites is 1.